The summed E-state index contributed by atoms with van der Waals surface area (Å²) >= 11 is 0. The van der Waals surface area contributed by atoms with Crippen LogP contribution in [-0.2, 0) is 0 Å². The van der Waals surface area contributed by atoms with Gasteiger partial charge in [-0.3, -0.25) is 5.32 Å². The highest BCUT2D eigenvalue weighted by atomic mass is 16.3. The molecule has 1 aromatic rings. The van der Waals surface area contributed by atoms with Crippen molar-refractivity contribution in [2.75, 3.05) is 13.3 Å². The fourth-order valence-corrected chi connectivity index (χ4v) is 1.55. The van der Waals surface area contributed by atoms with Crippen LogP contribution >= 0.6 is 0 Å². The summed E-state index contributed by atoms with van der Waals surface area (Å²) in [5, 5.41) is 11.6. The van der Waals surface area contributed by atoms with E-state index in [0.717, 1.165) is 6.54 Å². The Morgan fingerprint density at radius 3 is 2.43 bits per heavy atom. The average Bonchev–Trinajstić information content (AvgIpc) is 2.26. The fraction of sp³-hybridized carbons (Fsp3) is 0.500. The zero-order valence-electron chi connectivity index (χ0n) is 8.90. The lowest BCUT2D eigenvalue weighted by molar-refractivity contribution is 0.248. The van der Waals surface area contributed by atoms with E-state index in [1.165, 1.54) is 5.56 Å². The molecular weight excluding hydrogens is 174 g/mol. The summed E-state index contributed by atoms with van der Waals surface area (Å²) in [6, 6.07) is 10.5. The van der Waals surface area contributed by atoms with E-state index in [1.54, 1.807) is 0 Å². The van der Waals surface area contributed by atoms with Gasteiger partial charge in [0.1, 0.15) is 0 Å². The summed E-state index contributed by atoms with van der Waals surface area (Å²) in [6.07, 6.45) is 0. The lowest BCUT2D eigenvalue weighted by atomic mass is 9.89. The molecule has 0 spiro atoms. The first-order valence-corrected chi connectivity index (χ1v) is 5.12. The van der Waals surface area contributed by atoms with Gasteiger partial charge >= 0.3 is 0 Å². The Labute approximate surface area is 86.0 Å². The van der Waals surface area contributed by atoms with Gasteiger partial charge in [0.15, 0.2) is 0 Å². The first-order chi connectivity index (χ1) is 6.75. The molecule has 2 heteroatoms. The molecule has 0 bridgehead atoms. The topological polar surface area (TPSA) is 32.3 Å². The molecule has 14 heavy (non-hydrogen) atoms. The van der Waals surface area contributed by atoms with Crippen molar-refractivity contribution in [3.63, 3.8) is 0 Å². The highest BCUT2D eigenvalue weighted by Crippen LogP contribution is 2.22. The van der Waals surface area contributed by atoms with Crippen LogP contribution in [-0.4, -0.2) is 18.4 Å². The first-order valence-electron chi connectivity index (χ1n) is 5.12. The number of benzene rings is 1. The van der Waals surface area contributed by atoms with E-state index >= 15 is 0 Å². The predicted octanol–water partition coefficient (Wildman–Crippen LogP) is 1.97. The number of nitrogens with one attached hydrogen (secondary N) is 1. The Morgan fingerprint density at radius 2 is 1.86 bits per heavy atom. The summed E-state index contributed by atoms with van der Waals surface area (Å²) in [6.45, 7) is 5.33. The standard InChI is InChI=1S/C12H19NO/c1-10(8-13-9-14)11(2)12-6-4-3-5-7-12/h3-7,10-11,13-14H,8-9H2,1-2H3/t10-,11?/m0/s1. The number of rotatable bonds is 5. The summed E-state index contributed by atoms with van der Waals surface area (Å²) < 4.78 is 0. The van der Waals surface area contributed by atoms with Gasteiger partial charge in [-0.2, -0.15) is 0 Å². The Balaban J connectivity index is 2.52. The van der Waals surface area contributed by atoms with E-state index < -0.39 is 0 Å². The third-order valence-electron chi connectivity index (χ3n) is 2.76. The van der Waals surface area contributed by atoms with Crippen molar-refractivity contribution in [2.45, 2.75) is 19.8 Å². The zero-order chi connectivity index (χ0) is 10.4. The largest absolute Gasteiger partial charge is 0.381 e. The van der Waals surface area contributed by atoms with Crippen LogP contribution < -0.4 is 5.32 Å². The number of aliphatic hydroxyl groups is 1. The van der Waals surface area contributed by atoms with Crippen LogP contribution in [0, 0.1) is 5.92 Å². The highest BCUT2D eigenvalue weighted by Gasteiger charge is 2.12. The van der Waals surface area contributed by atoms with Crippen LogP contribution in [0.4, 0.5) is 0 Å². The van der Waals surface area contributed by atoms with E-state index in [-0.39, 0.29) is 6.73 Å². The van der Waals surface area contributed by atoms with Gasteiger partial charge in [0, 0.05) is 6.54 Å². The van der Waals surface area contributed by atoms with Crippen LogP contribution in [0.15, 0.2) is 30.3 Å². The second-order valence-electron chi connectivity index (χ2n) is 3.79. The monoisotopic (exact) mass is 193 g/mol. The minimum atomic E-state index is 0.0614. The van der Waals surface area contributed by atoms with Crippen molar-refractivity contribution >= 4 is 0 Å². The Bertz CT molecular complexity index is 248. The quantitative estimate of drug-likeness (QED) is 0.701. The molecule has 0 aromatic heterocycles. The molecule has 1 rings (SSSR count). The van der Waals surface area contributed by atoms with Gasteiger partial charge in [-0.25, -0.2) is 0 Å². The molecule has 2 N–H and O–H groups in total. The third-order valence-corrected chi connectivity index (χ3v) is 2.76. The van der Waals surface area contributed by atoms with E-state index in [0.29, 0.717) is 11.8 Å². The minimum Gasteiger partial charge on any atom is -0.381 e. The van der Waals surface area contributed by atoms with E-state index in [4.69, 9.17) is 5.11 Å². The minimum absolute atomic E-state index is 0.0614. The van der Waals surface area contributed by atoms with Gasteiger partial charge in [-0.05, 0) is 17.4 Å². The average molecular weight is 193 g/mol. The van der Waals surface area contributed by atoms with Gasteiger partial charge in [-0.15, -0.1) is 0 Å². The maximum absolute atomic E-state index is 8.66. The summed E-state index contributed by atoms with van der Waals surface area (Å²) in [5.41, 5.74) is 1.36. The lowest BCUT2D eigenvalue weighted by Gasteiger charge is -2.20. The van der Waals surface area contributed by atoms with Crippen LogP contribution in [0.3, 0.4) is 0 Å². The maximum atomic E-state index is 8.66. The van der Waals surface area contributed by atoms with Crippen molar-refractivity contribution in [2.24, 2.45) is 5.92 Å². The van der Waals surface area contributed by atoms with E-state index in [2.05, 4.69) is 43.4 Å². The van der Waals surface area contributed by atoms with Crippen LogP contribution in [0.2, 0.25) is 0 Å². The fourth-order valence-electron chi connectivity index (χ4n) is 1.55. The summed E-state index contributed by atoms with van der Waals surface area (Å²) in [5.74, 6) is 1.06. The zero-order valence-corrected chi connectivity index (χ0v) is 8.90. The Hall–Kier alpha value is -0.860. The van der Waals surface area contributed by atoms with Gasteiger partial charge in [-0.1, -0.05) is 44.2 Å². The molecule has 0 amide bonds. The second kappa shape index (κ2) is 5.78. The molecule has 0 fully saturated rings. The van der Waals surface area contributed by atoms with Crippen molar-refractivity contribution in [1.29, 1.82) is 0 Å². The summed E-state index contributed by atoms with van der Waals surface area (Å²) in [4.78, 5) is 0. The number of aliphatic hydroxyl groups excluding tert-OH is 1. The smallest absolute Gasteiger partial charge is 0.0931 e. The second-order valence-corrected chi connectivity index (χ2v) is 3.79. The molecular formula is C12H19NO. The van der Waals surface area contributed by atoms with Crippen LogP contribution in [0.1, 0.15) is 25.3 Å². The highest BCUT2D eigenvalue weighted by molar-refractivity contribution is 5.19. The Kier molecular flexibility index (Phi) is 4.63. The molecule has 0 heterocycles. The maximum Gasteiger partial charge on any atom is 0.0931 e. The third kappa shape index (κ3) is 3.13. The molecule has 0 radical (unpaired) electrons. The molecule has 0 saturated carbocycles. The molecule has 1 unspecified atom stereocenters. The van der Waals surface area contributed by atoms with E-state index in [1.807, 2.05) is 6.07 Å². The van der Waals surface area contributed by atoms with Crippen molar-refractivity contribution < 1.29 is 5.11 Å². The van der Waals surface area contributed by atoms with E-state index in [9.17, 15) is 0 Å². The predicted molar refractivity (Wildman–Crippen MR) is 59.1 cm³/mol. The molecule has 0 aliphatic heterocycles. The normalized spacial score (nSPS) is 15.1. The molecule has 0 aliphatic carbocycles. The lowest BCUT2D eigenvalue weighted by Crippen LogP contribution is -2.25. The molecule has 2 nitrogen and oxygen atoms in total. The van der Waals surface area contributed by atoms with Gasteiger partial charge < -0.3 is 5.11 Å². The molecule has 2 atom stereocenters. The molecule has 0 aliphatic rings. The summed E-state index contributed by atoms with van der Waals surface area (Å²) in [7, 11) is 0. The first kappa shape index (κ1) is 11.2. The van der Waals surface area contributed by atoms with Gasteiger partial charge in [0.05, 0.1) is 6.73 Å². The van der Waals surface area contributed by atoms with Gasteiger partial charge in [0.2, 0.25) is 0 Å². The molecule has 78 valence electrons. The number of hydrogen-bond donors (Lipinski definition) is 2. The van der Waals surface area contributed by atoms with Crippen molar-refractivity contribution in [1.82, 2.24) is 5.32 Å². The van der Waals surface area contributed by atoms with Crippen LogP contribution in [0.5, 0.6) is 0 Å². The molecule has 0 saturated heterocycles. The number of hydrogen-bond acceptors (Lipinski definition) is 2. The van der Waals surface area contributed by atoms with Gasteiger partial charge in [0.25, 0.3) is 0 Å². The SMILES string of the molecule is CC(c1ccccc1)[C@@H](C)CNCO. The van der Waals surface area contributed by atoms with Crippen molar-refractivity contribution in [3.05, 3.63) is 35.9 Å². The van der Waals surface area contributed by atoms with Crippen molar-refractivity contribution in [3.8, 4) is 0 Å². The van der Waals surface area contributed by atoms with Crippen LogP contribution in [0.25, 0.3) is 0 Å². The Morgan fingerprint density at radius 1 is 1.21 bits per heavy atom. The molecule has 1 aromatic carbocycles.